The molecule has 0 aliphatic heterocycles. The van der Waals surface area contributed by atoms with Crippen molar-refractivity contribution in [2.24, 2.45) is 5.16 Å². The molecule has 3 rings (SSSR count). The van der Waals surface area contributed by atoms with Gasteiger partial charge in [-0.3, -0.25) is 4.98 Å². The largest absolute Gasteiger partial charge is 0.411 e. The third-order valence-electron chi connectivity index (χ3n) is 4.23. The molecule has 0 saturated heterocycles. The van der Waals surface area contributed by atoms with Crippen molar-refractivity contribution < 1.29 is 13.6 Å². The van der Waals surface area contributed by atoms with E-state index in [4.69, 9.17) is 5.21 Å². The number of oxime groups is 1. The summed E-state index contributed by atoms with van der Waals surface area (Å²) in [5, 5.41) is 14.1. The van der Waals surface area contributed by atoms with E-state index >= 15 is 0 Å². The molecule has 0 saturated carbocycles. The van der Waals surface area contributed by atoms with Gasteiger partial charge in [0, 0.05) is 31.4 Å². The Morgan fingerprint density at radius 3 is 2.79 bits per heavy atom. The van der Waals surface area contributed by atoms with Gasteiger partial charge in [0.25, 0.3) is 0 Å². The Morgan fingerprint density at radius 2 is 2.08 bits per heavy atom. The summed E-state index contributed by atoms with van der Waals surface area (Å²) in [5.74, 6) is 0. The molecule has 0 bridgehead atoms. The monoisotopic (exact) mass is 365 g/mol. The first-order chi connectivity index (χ1) is 11.5. The zero-order valence-corrected chi connectivity index (χ0v) is 15.0. The summed E-state index contributed by atoms with van der Waals surface area (Å²) in [5.41, 5.74) is 2.42. The number of thiophene rings is 1. The molecule has 0 amide bonds. The molecule has 128 valence electrons. The summed E-state index contributed by atoms with van der Waals surface area (Å²) in [7, 11) is -1.95. The lowest BCUT2D eigenvalue weighted by atomic mass is 9.98. The molecule has 1 aliphatic rings. The first kappa shape index (κ1) is 17.1. The molecule has 2 aromatic rings. The maximum absolute atomic E-state index is 12.9. The second-order valence-electron chi connectivity index (χ2n) is 5.74. The number of pyridine rings is 1. The Morgan fingerprint density at radius 1 is 1.33 bits per heavy atom. The van der Waals surface area contributed by atoms with Crippen molar-refractivity contribution in [3.05, 3.63) is 45.9 Å². The van der Waals surface area contributed by atoms with Crippen LogP contribution in [0.2, 0.25) is 0 Å². The average molecular weight is 365 g/mol. The molecular formula is C16H19N3O3S2. The van der Waals surface area contributed by atoms with E-state index in [0.717, 1.165) is 22.4 Å². The molecule has 2 heterocycles. The molecule has 8 heteroatoms. The van der Waals surface area contributed by atoms with E-state index in [1.54, 1.807) is 24.8 Å². The number of fused-ring (bicyclic) bond motifs is 1. The van der Waals surface area contributed by atoms with Gasteiger partial charge in [0.2, 0.25) is 10.0 Å². The molecule has 24 heavy (non-hydrogen) atoms. The van der Waals surface area contributed by atoms with Gasteiger partial charge < -0.3 is 5.21 Å². The van der Waals surface area contributed by atoms with Gasteiger partial charge in [-0.1, -0.05) is 5.16 Å². The van der Waals surface area contributed by atoms with Crippen LogP contribution < -0.4 is 0 Å². The van der Waals surface area contributed by atoms with Crippen LogP contribution in [-0.4, -0.2) is 42.2 Å². The highest BCUT2D eigenvalue weighted by molar-refractivity contribution is 7.89. The Balaban J connectivity index is 1.82. The Hall–Kier alpha value is -1.77. The van der Waals surface area contributed by atoms with E-state index in [0.29, 0.717) is 36.4 Å². The van der Waals surface area contributed by atoms with Crippen LogP contribution in [0.25, 0.3) is 0 Å². The first-order valence-corrected chi connectivity index (χ1v) is 10.0. The van der Waals surface area contributed by atoms with Gasteiger partial charge in [0.1, 0.15) is 0 Å². The van der Waals surface area contributed by atoms with Crippen LogP contribution in [0.3, 0.4) is 0 Å². The van der Waals surface area contributed by atoms with Gasteiger partial charge in [-0.25, -0.2) is 12.7 Å². The smallest absolute Gasteiger partial charge is 0.243 e. The SMILES string of the molecule is CN(CCc1ccncc1)S(=O)(=O)c1csc2c1CCC/C2=N/O. The Bertz CT molecular complexity index is 845. The van der Waals surface area contributed by atoms with Crippen molar-refractivity contribution in [3.8, 4) is 0 Å². The molecule has 0 radical (unpaired) electrons. The maximum atomic E-state index is 12.9. The third-order valence-corrected chi connectivity index (χ3v) is 7.38. The summed E-state index contributed by atoms with van der Waals surface area (Å²) in [4.78, 5) is 5.11. The predicted molar refractivity (Wildman–Crippen MR) is 93.3 cm³/mol. The van der Waals surface area contributed by atoms with Gasteiger partial charge in [0.05, 0.1) is 15.5 Å². The molecule has 1 N–H and O–H groups in total. The van der Waals surface area contributed by atoms with E-state index in [1.165, 1.54) is 15.6 Å². The van der Waals surface area contributed by atoms with E-state index in [-0.39, 0.29) is 0 Å². The van der Waals surface area contributed by atoms with Crippen LogP contribution in [0.5, 0.6) is 0 Å². The minimum absolute atomic E-state index is 0.348. The van der Waals surface area contributed by atoms with Crippen molar-refractivity contribution >= 4 is 27.1 Å². The van der Waals surface area contributed by atoms with Crippen molar-refractivity contribution in [2.45, 2.75) is 30.6 Å². The first-order valence-electron chi connectivity index (χ1n) is 7.71. The van der Waals surface area contributed by atoms with Crippen LogP contribution >= 0.6 is 11.3 Å². The van der Waals surface area contributed by atoms with Crippen LogP contribution in [0.4, 0.5) is 0 Å². The fourth-order valence-electron chi connectivity index (χ4n) is 2.83. The zero-order chi connectivity index (χ0) is 17.2. The lowest BCUT2D eigenvalue weighted by Gasteiger charge is -2.19. The standard InChI is InChI=1S/C16H19N3O3S2/c1-19(10-7-12-5-8-17-9-6-12)24(21,22)15-11-23-16-13(15)3-2-4-14(16)18-20/h5-6,8-9,11,20H,2-4,7,10H2,1H3/b18-14-. The van der Waals surface area contributed by atoms with Crippen LogP contribution in [-0.2, 0) is 22.9 Å². The van der Waals surface area contributed by atoms with Crippen LogP contribution in [0.1, 0.15) is 28.8 Å². The number of rotatable bonds is 5. The molecule has 0 aromatic carbocycles. The molecule has 2 aromatic heterocycles. The van der Waals surface area contributed by atoms with E-state index < -0.39 is 10.0 Å². The van der Waals surface area contributed by atoms with Gasteiger partial charge in [-0.2, -0.15) is 0 Å². The Kier molecular flexibility index (Phi) is 4.98. The zero-order valence-electron chi connectivity index (χ0n) is 13.3. The maximum Gasteiger partial charge on any atom is 0.243 e. The molecule has 6 nitrogen and oxygen atoms in total. The lowest BCUT2D eigenvalue weighted by Crippen LogP contribution is -2.29. The van der Waals surface area contributed by atoms with Gasteiger partial charge >= 0.3 is 0 Å². The normalized spacial score (nSPS) is 16.5. The number of hydrogen-bond acceptors (Lipinski definition) is 6. The van der Waals surface area contributed by atoms with Crippen molar-refractivity contribution in [3.63, 3.8) is 0 Å². The Labute approximate surface area is 145 Å². The lowest BCUT2D eigenvalue weighted by molar-refractivity contribution is 0.317. The third kappa shape index (κ3) is 3.22. The average Bonchev–Trinajstić information content (AvgIpc) is 3.05. The minimum atomic E-state index is -3.55. The number of aromatic nitrogens is 1. The molecular weight excluding hydrogens is 346 g/mol. The van der Waals surface area contributed by atoms with Crippen molar-refractivity contribution in [1.82, 2.24) is 9.29 Å². The summed E-state index contributed by atoms with van der Waals surface area (Å²) >= 11 is 1.34. The fourth-order valence-corrected chi connectivity index (χ4v) is 5.71. The molecule has 0 spiro atoms. The summed E-state index contributed by atoms with van der Waals surface area (Å²) in [6, 6.07) is 3.77. The number of nitrogens with zero attached hydrogens (tertiary/aromatic N) is 3. The van der Waals surface area contributed by atoms with E-state index in [1.807, 2.05) is 12.1 Å². The highest BCUT2D eigenvalue weighted by Crippen LogP contribution is 2.34. The topological polar surface area (TPSA) is 82.9 Å². The van der Waals surface area contributed by atoms with Crippen molar-refractivity contribution in [1.29, 1.82) is 0 Å². The molecule has 0 unspecified atom stereocenters. The number of likely N-dealkylation sites (N-methyl/N-ethyl adjacent to an activating group) is 1. The molecule has 0 fully saturated rings. The summed E-state index contributed by atoms with van der Waals surface area (Å²) in [6.07, 6.45) is 6.22. The van der Waals surface area contributed by atoms with Crippen molar-refractivity contribution in [2.75, 3.05) is 13.6 Å². The summed E-state index contributed by atoms with van der Waals surface area (Å²) in [6.45, 7) is 0.401. The molecule has 0 atom stereocenters. The van der Waals surface area contributed by atoms with Gasteiger partial charge in [0.15, 0.2) is 0 Å². The minimum Gasteiger partial charge on any atom is -0.411 e. The second-order valence-corrected chi connectivity index (χ2v) is 8.63. The van der Waals surface area contributed by atoms with Crippen LogP contribution in [0.15, 0.2) is 40.0 Å². The van der Waals surface area contributed by atoms with Gasteiger partial charge in [-0.05, 0) is 48.9 Å². The quantitative estimate of drug-likeness (QED) is 0.652. The number of sulfonamides is 1. The molecule has 1 aliphatic carbocycles. The van der Waals surface area contributed by atoms with E-state index in [2.05, 4.69) is 10.1 Å². The number of hydrogen-bond donors (Lipinski definition) is 1. The van der Waals surface area contributed by atoms with E-state index in [9.17, 15) is 8.42 Å². The van der Waals surface area contributed by atoms with Gasteiger partial charge in [-0.15, -0.1) is 11.3 Å². The predicted octanol–water partition coefficient (Wildman–Crippen LogP) is 2.52. The van der Waals surface area contributed by atoms with Crippen LogP contribution in [0, 0.1) is 0 Å². The highest BCUT2D eigenvalue weighted by atomic mass is 32.2. The fraction of sp³-hybridized carbons (Fsp3) is 0.375. The second kappa shape index (κ2) is 7.00. The summed E-state index contributed by atoms with van der Waals surface area (Å²) < 4.78 is 27.2. The highest BCUT2D eigenvalue weighted by Gasteiger charge is 2.30.